The van der Waals surface area contributed by atoms with E-state index in [1.807, 2.05) is 73.3 Å². The third-order valence-electron chi connectivity index (χ3n) is 7.72. The normalized spacial score (nSPS) is 14.0. The molecule has 8 nitrogen and oxygen atoms in total. The Bertz CT molecular complexity index is 1610. The largest absolute Gasteiger partial charge is 0.336 e. The first-order chi connectivity index (χ1) is 20.5. The molecule has 3 aromatic carbocycles. The van der Waals surface area contributed by atoms with E-state index < -0.39 is 11.8 Å². The monoisotopic (exact) mass is 582 g/mol. The van der Waals surface area contributed by atoms with E-state index >= 15 is 0 Å². The minimum Gasteiger partial charge on any atom is -0.336 e. The standard InChI is InChI=1S/C34H39FN6O2/c1-23-10-13-26(14-11-23)41-31(21-30(38-41)34(3,4)5)37-33(43)36-29-20-25(12-15-28(29)35)22-39-16-18-40(19-17-39)32(42)27-9-7-6-8-24(27)2/h6-15,20-21H,16-19,22H2,1-5H3,(H2,36,37,43). The van der Waals surface area contributed by atoms with Crippen molar-refractivity contribution in [3.63, 3.8) is 0 Å². The van der Waals surface area contributed by atoms with Crippen LogP contribution >= 0.6 is 0 Å². The van der Waals surface area contributed by atoms with Crippen molar-refractivity contribution in [2.75, 3.05) is 36.8 Å². The van der Waals surface area contributed by atoms with Gasteiger partial charge in [0.2, 0.25) is 0 Å². The van der Waals surface area contributed by atoms with E-state index in [1.165, 1.54) is 6.07 Å². The Kier molecular flexibility index (Phi) is 8.64. The van der Waals surface area contributed by atoms with Gasteiger partial charge in [-0.1, -0.05) is 62.7 Å². The second-order valence-electron chi connectivity index (χ2n) is 12.2. The highest BCUT2D eigenvalue weighted by Gasteiger charge is 2.24. The molecule has 3 amide bonds. The molecule has 0 saturated carbocycles. The van der Waals surface area contributed by atoms with Crippen molar-refractivity contribution in [3.8, 4) is 5.69 Å². The van der Waals surface area contributed by atoms with Crippen LogP contribution in [0, 0.1) is 19.7 Å². The molecular weight excluding hydrogens is 543 g/mol. The van der Waals surface area contributed by atoms with Gasteiger partial charge in [0.15, 0.2) is 0 Å². The summed E-state index contributed by atoms with van der Waals surface area (Å²) in [6, 6.07) is 21.5. The van der Waals surface area contributed by atoms with Gasteiger partial charge in [0, 0.05) is 49.8 Å². The smallest absolute Gasteiger partial charge is 0.324 e. The Morgan fingerprint density at radius 1 is 0.884 bits per heavy atom. The van der Waals surface area contributed by atoms with Crippen LogP contribution in [0.1, 0.15) is 53.5 Å². The van der Waals surface area contributed by atoms with Crippen molar-refractivity contribution < 1.29 is 14.0 Å². The van der Waals surface area contributed by atoms with Gasteiger partial charge in [-0.15, -0.1) is 0 Å². The van der Waals surface area contributed by atoms with Crippen molar-refractivity contribution in [2.45, 2.75) is 46.6 Å². The van der Waals surface area contributed by atoms with E-state index in [-0.39, 0.29) is 17.0 Å². The molecule has 0 unspecified atom stereocenters. The Hall–Kier alpha value is -4.50. The van der Waals surface area contributed by atoms with E-state index in [2.05, 4.69) is 36.3 Å². The lowest BCUT2D eigenvalue weighted by atomic mass is 9.92. The van der Waals surface area contributed by atoms with Crippen LogP contribution in [0.4, 0.5) is 20.7 Å². The molecule has 1 fully saturated rings. The van der Waals surface area contributed by atoms with Crippen LogP contribution in [-0.2, 0) is 12.0 Å². The number of hydrogen-bond donors (Lipinski definition) is 2. The van der Waals surface area contributed by atoms with Crippen LogP contribution in [-0.4, -0.2) is 57.7 Å². The fraction of sp³-hybridized carbons (Fsp3) is 0.324. The van der Waals surface area contributed by atoms with Gasteiger partial charge in [-0.25, -0.2) is 13.9 Å². The number of amides is 3. The third kappa shape index (κ3) is 7.11. The van der Waals surface area contributed by atoms with Crippen molar-refractivity contribution in [2.24, 2.45) is 0 Å². The molecule has 0 atom stereocenters. The summed E-state index contributed by atoms with van der Waals surface area (Å²) in [6.45, 7) is 13.4. The lowest BCUT2D eigenvalue weighted by Crippen LogP contribution is -2.48. The summed E-state index contributed by atoms with van der Waals surface area (Å²) in [5, 5.41) is 10.3. The lowest BCUT2D eigenvalue weighted by Gasteiger charge is -2.35. The van der Waals surface area contributed by atoms with Crippen LogP contribution in [0.15, 0.2) is 72.8 Å². The number of piperazine rings is 1. The van der Waals surface area contributed by atoms with Gasteiger partial charge < -0.3 is 10.2 Å². The number of carbonyl (C=O) groups excluding carboxylic acids is 2. The summed E-state index contributed by atoms with van der Waals surface area (Å²) in [5.74, 6) is 0.0197. The molecule has 0 spiro atoms. The van der Waals surface area contributed by atoms with Crippen LogP contribution in [0.2, 0.25) is 0 Å². The number of urea groups is 1. The summed E-state index contributed by atoms with van der Waals surface area (Å²) in [7, 11) is 0. The second kappa shape index (κ2) is 12.4. The molecule has 9 heteroatoms. The maximum atomic E-state index is 14.8. The highest BCUT2D eigenvalue weighted by atomic mass is 19.1. The van der Waals surface area contributed by atoms with Gasteiger partial charge in [0.1, 0.15) is 11.6 Å². The number of nitrogens with one attached hydrogen (secondary N) is 2. The maximum absolute atomic E-state index is 14.8. The van der Waals surface area contributed by atoms with Crippen LogP contribution in [0.5, 0.6) is 0 Å². The molecule has 2 heterocycles. The van der Waals surface area contributed by atoms with Gasteiger partial charge in [0.05, 0.1) is 17.1 Å². The average molecular weight is 583 g/mol. The Labute approximate surface area is 252 Å². The second-order valence-corrected chi connectivity index (χ2v) is 12.2. The van der Waals surface area contributed by atoms with E-state index in [9.17, 15) is 14.0 Å². The van der Waals surface area contributed by atoms with E-state index in [0.29, 0.717) is 38.5 Å². The van der Waals surface area contributed by atoms with Crippen LogP contribution in [0.25, 0.3) is 5.69 Å². The van der Waals surface area contributed by atoms with Crippen LogP contribution in [0.3, 0.4) is 0 Å². The molecule has 224 valence electrons. The highest BCUT2D eigenvalue weighted by molar-refractivity contribution is 5.99. The first-order valence-electron chi connectivity index (χ1n) is 14.6. The molecule has 1 saturated heterocycles. The van der Waals surface area contributed by atoms with Crippen molar-refractivity contribution in [1.29, 1.82) is 0 Å². The molecule has 1 aromatic heterocycles. The summed E-state index contributed by atoms with van der Waals surface area (Å²) in [5.41, 5.74) is 5.19. The number of halogens is 1. The number of aromatic nitrogens is 2. The number of aryl methyl sites for hydroxylation is 2. The molecule has 43 heavy (non-hydrogen) atoms. The van der Waals surface area contributed by atoms with E-state index in [0.717, 1.165) is 33.6 Å². The zero-order valence-electron chi connectivity index (χ0n) is 25.4. The number of hydrogen-bond acceptors (Lipinski definition) is 4. The van der Waals surface area contributed by atoms with Gasteiger partial charge in [-0.2, -0.15) is 5.10 Å². The predicted octanol–water partition coefficient (Wildman–Crippen LogP) is 6.53. The third-order valence-corrected chi connectivity index (χ3v) is 7.72. The molecule has 2 N–H and O–H groups in total. The number of nitrogens with zero attached hydrogens (tertiary/aromatic N) is 4. The topological polar surface area (TPSA) is 82.5 Å². The molecular formula is C34H39FN6O2. The summed E-state index contributed by atoms with van der Waals surface area (Å²) >= 11 is 0. The van der Waals surface area contributed by atoms with Crippen molar-refractivity contribution in [1.82, 2.24) is 19.6 Å². The Balaban J connectivity index is 1.23. The van der Waals surface area contributed by atoms with Crippen LogP contribution < -0.4 is 10.6 Å². The highest BCUT2D eigenvalue weighted by Crippen LogP contribution is 2.27. The molecule has 5 rings (SSSR count). The summed E-state index contributed by atoms with van der Waals surface area (Å²) in [4.78, 5) is 30.2. The van der Waals surface area contributed by atoms with Gasteiger partial charge >= 0.3 is 6.03 Å². The van der Waals surface area contributed by atoms with Crippen molar-refractivity contribution in [3.05, 3.63) is 107 Å². The Morgan fingerprint density at radius 3 is 2.26 bits per heavy atom. The molecule has 4 aromatic rings. The summed E-state index contributed by atoms with van der Waals surface area (Å²) in [6.07, 6.45) is 0. The van der Waals surface area contributed by atoms with E-state index in [4.69, 9.17) is 5.10 Å². The average Bonchev–Trinajstić information content (AvgIpc) is 3.40. The molecule has 0 bridgehead atoms. The number of benzene rings is 3. The molecule has 1 aliphatic heterocycles. The zero-order chi connectivity index (χ0) is 30.7. The SMILES string of the molecule is Cc1ccc(-n2nc(C(C)(C)C)cc2NC(=O)Nc2cc(CN3CCN(C(=O)c4ccccc4C)CC3)ccc2F)cc1. The minimum absolute atomic E-state index is 0.0513. The Morgan fingerprint density at radius 2 is 1.58 bits per heavy atom. The van der Waals surface area contributed by atoms with E-state index in [1.54, 1.807) is 16.8 Å². The van der Waals surface area contributed by atoms with Gasteiger partial charge in [0.25, 0.3) is 5.91 Å². The molecule has 1 aliphatic rings. The first kappa shape index (κ1) is 30.0. The number of rotatable bonds is 6. The maximum Gasteiger partial charge on any atom is 0.324 e. The fourth-order valence-electron chi connectivity index (χ4n) is 5.11. The predicted molar refractivity (Wildman–Crippen MR) is 168 cm³/mol. The lowest BCUT2D eigenvalue weighted by molar-refractivity contribution is 0.0627. The number of anilines is 2. The van der Waals surface area contributed by atoms with Crippen molar-refractivity contribution >= 4 is 23.4 Å². The first-order valence-corrected chi connectivity index (χ1v) is 14.6. The quantitative estimate of drug-likeness (QED) is 0.271. The fourth-order valence-corrected chi connectivity index (χ4v) is 5.11. The summed E-state index contributed by atoms with van der Waals surface area (Å²) < 4.78 is 16.5. The zero-order valence-corrected chi connectivity index (χ0v) is 25.4. The van der Waals surface area contributed by atoms with Gasteiger partial charge in [-0.3, -0.25) is 15.0 Å². The van der Waals surface area contributed by atoms with Gasteiger partial charge in [-0.05, 0) is 55.3 Å². The minimum atomic E-state index is -0.562. The molecule has 0 radical (unpaired) electrons. The number of carbonyl (C=O) groups is 2. The molecule has 0 aliphatic carbocycles.